The largest absolute Gasteiger partial charge is 0.368 e. The van der Waals surface area contributed by atoms with Crippen LogP contribution in [0, 0.1) is 5.92 Å². The van der Waals surface area contributed by atoms with Gasteiger partial charge >= 0.3 is 0 Å². The Bertz CT molecular complexity index is 737. The number of anilines is 1. The molecule has 6 heteroatoms. The van der Waals surface area contributed by atoms with E-state index in [4.69, 9.17) is 5.73 Å². The second kappa shape index (κ2) is 6.20. The van der Waals surface area contributed by atoms with Gasteiger partial charge in [-0.05, 0) is 49.5 Å². The first kappa shape index (κ1) is 15.1. The van der Waals surface area contributed by atoms with Crippen LogP contribution in [0.3, 0.4) is 0 Å². The molecule has 6 nitrogen and oxygen atoms in total. The molecule has 1 unspecified atom stereocenters. The van der Waals surface area contributed by atoms with Gasteiger partial charge in [-0.2, -0.15) is 0 Å². The van der Waals surface area contributed by atoms with Crippen molar-refractivity contribution < 1.29 is 4.79 Å². The van der Waals surface area contributed by atoms with Gasteiger partial charge in [0.05, 0.1) is 0 Å². The molecule has 24 heavy (non-hydrogen) atoms. The summed E-state index contributed by atoms with van der Waals surface area (Å²) >= 11 is 0. The predicted octanol–water partition coefficient (Wildman–Crippen LogP) is 1.55. The van der Waals surface area contributed by atoms with E-state index < -0.39 is 0 Å². The van der Waals surface area contributed by atoms with Crippen LogP contribution in [0.15, 0.2) is 36.7 Å². The van der Waals surface area contributed by atoms with Crippen LogP contribution in [0.2, 0.25) is 0 Å². The van der Waals surface area contributed by atoms with E-state index in [1.54, 1.807) is 12.4 Å². The zero-order valence-electron chi connectivity index (χ0n) is 13.5. The van der Waals surface area contributed by atoms with Crippen molar-refractivity contribution in [2.45, 2.75) is 18.9 Å². The molecule has 1 aromatic carbocycles. The lowest BCUT2D eigenvalue weighted by Crippen LogP contribution is -2.57. The minimum atomic E-state index is -0.00744. The Morgan fingerprint density at radius 2 is 1.92 bits per heavy atom. The number of carbonyl (C=O) groups is 1. The Morgan fingerprint density at radius 1 is 1.17 bits per heavy atom. The second-order valence-corrected chi connectivity index (χ2v) is 6.63. The number of piperidine rings is 3. The Hall–Kier alpha value is -2.47. The molecule has 3 aliphatic rings. The number of amides is 1. The van der Waals surface area contributed by atoms with Crippen molar-refractivity contribution in [3.05, 3.63) is 42.2 Å². The van der Waals surface area contributed by atoms with Gasteiger partial charge in [0.1, 0.15) is 0 Å². The summed E-state index contributed by atoms with van der Waals surface area (Å²) in [5, 5.41) is 3.22. The average Bonchev–Trinajstić information content (AvgIpc) is 2.63. The Balaban J connectivity index is 1.50. The number of nitrogens with two attached hydrogens (primary N) is 1. The summed E-state index contributed by atoms with van der Waals surface area (Å²) < 4.78 is 0. The maximum Gasteiger partial charge on any atom is 0.251 e. The van der Waals surface area contributed by atoms with Crippen molar-refractivity contribution in [1.29, 1.82) is 0 Å². The number of benzene rings is 1. The van der Waals surface area contributed by atoms with Crippen LogP contribution in [0.1, 0.15) is 23.2 Å². The lowest BCUT2D eigenvalue weighted by Gasteiger charge is -2.44. The minimum absolute atomic E-state index is 0.00744. The highest BCUT2D eigenvalue weighted by molar-refractivity contribution is 5.95. The summed E-state index contributed by atoms with van der Waals surface area (Å²) in [6, 6.07) is 7.82. The number of nitrogens with zero attached hydrogens (tertiary/aromatic N) is 3. The number of rotatable bonds is 3. The predicted molar refractivity (Wildman–Crippen MR) is 92.3 cm³/mol. The van der Waals surface area contributed by atoms with Crippen LogP contribution in [0.25, 0.3) is 11.1 Å². The van der Waals surface area contributed by atoms with Crippen molar-refractivity contribution in [1.82, 2.24) is 20.2 Å². The molecule has 0 spiro atoms. The van der Waals surface area contributed by atoms with E-state index in [1.165, 1.54) is 25.9 Å². The van der Waals surface area contributed by atoms with E-state index in [9.17, 15) is 4.79 Å². The molecule has 3 N–H and O–H groups in total. The van der Waals surface area contributed by atoms with Gasteiger partial charge in [0.25, 0.3) is 5.91 Å². The van der Waals surface area contributed by atoms with Crippen molar-refractivity contribution in [3.8, 4) is 11.1 Å². The molecule has 0 aliphatic carbocycles. The smallest absolute Gasteiger partial charge is 0.251 e. The molecular weight excluding hydrogens is 302 g/mol. The van der Waals surface area contributed by atoms with Gasteiger partial charge in [-0.1, -0.05) is 12.1 Å². The molecule has 1 aromatic heterocycles. The van der Waals surface area contributed by atoms with Crippen molar-refractivity contribution >= 4 is 11.9 Å². The van der Waals surface area contributed by atoms with Gasteiger partial charge in [0, 0.05) is 36.1 Å². The van der Waals surface area contributed by atoms with Crippen LogP contribution in [0.4, 0.5) is 5.95 Å². The fraction of sp³-hybridized carbons (Fsp3) is 0.389. The number of nitrogen functional groups attached to an aromatic ring is 1. The normalized spacial score (nSPS) is 25.4. The zero-order chi connectivity index (χ0) is 16.5. The standard InChI is InChI=1S/C18H21N5O/c19-18-20-9-15(10-21-18)13-2-1-3-14(8-13)17(24)22-16-11-23-6-4-12(16)5-7-23/h1-3,8-10,12,16H,4-7,11H2,(H,22,24)(H2,19,20,21). The highest BCUT2D eigenvalue weighted by atomic mass is 16.1. The lowest BCUT2D eigenvalue weighted by molar-refractivity contribution is 0.0620. The maximum atomic E-state index is 12.6. The summed E-state index contributed by atoms with van der Waals surface area (Å²) in [5.41, 5.74) is 7.96. The van der Waals surface area contributed by atoms with E-state index in [1.807, 2.05) is 24.3 Å². The van der Waals surface area contributed by atoms with Crippen molar-refractivity contribution in [2.24, 2.45) is 5.92 Å². The molecule has 5 rings (SSSR count). The second-order valence-electron chi connectivity index (χ2n) is 6.63. The summed E-state index contributed by atoms with van der Waals surface area (Å²) in [6.07, 6.45) is 5.72. The first-order valence-corrected chi connectivity index (χ1v) is 8.40. The molecule has 4 heterocycles. The fourth-order valence-corrected chi connectivity index (χ4v) is 3.71. The van der Waals surface area contributed by atoms with Crippen LogP contribution < -0.4 is 11.1 Å². The molecular formula is C18H21N5O. The zero-order valence-corrected chi connectivity index (χ0v) is 13.5. The number of fused-ring (bicyclic) bond motifs is 3. The van der Waals surface area contributed by atoms with E-state index in [2.05, 4.69) is 20.2 Å². The molecule has 0 saturated carbocycles. The van der Waals surface area contributed by atoms with Crippen molar-refractivity contribution in [2.75, 3.05) is 25.4 Å². The Morgan fingerprint density at radius 3 is 2.58 bits per heavy atom. The fourth-order valence-electron chi connectivity index (χ4n) is 3.71. The number of hydrogen-bond acceptors (Lipinski definition) is 5. The van der Waals surface area contributed by atoms with Gasteiger partial charge < -0.3 is 16.0 Å². The molecule has 3 aliphatic heterocycles. The SMILES string of the molecule is Nc1ncc(-c2cccc(C(=O)NC3CN4CCC3CC4)c2)cn1. The van der Waals surface area contributed by atoms with Crippen molar-refractivity contribution in [3.63, 3.8) is 0 Å². The summed E-state index contributed by atoms with van der Waals surface area (Å²) in [6.45, 7) is 3.31. The monoisotopic (exact) mass is 323 g/mol. The number of carbonyl (C=O) groups excluding carboxylic acids is 1. The van der Waals surface area contributed by atoms with E-state index >= 15 is 0 Å². The average molecular weight is 323 g/mol. The molecule has 124 valence electrons. The molecule has 1 amide bonds. The summed E-state index contributed by atoms with van der Waals surface area (Å²) in [4.78, 5) is 23.1. The topological polar surface area (TPSA) is 84.1 Å². The van der Waals surface area contributed by atoms with Gasteiger partial charge in [0.15, 0.2) is 0 Å². The third-order valence-electron chi connectivity index (χ3n) is 5.10. The third-order valence-corrected chi connectivity index (χ3v) is 5.10. The van der Waals surface area contributed by atoms with Gasteiger partial charge in [-0.25, -0.2) is 9.97 Å². The number of hydrogen-bond donors (Lipinski definition) is 2. The third kappa shape index (κ3) is 2.97. The highest BCUT2D eigenvalue weighted by Gasteiger charge is 2.34. The molecule has 1 atom stereocenters. The van der Waals surface area contributed by atoms with Crippen LogP contribution in [-0.4, -0.2) is 46.5 Å². The maximum absolute atomic E-state index is 12.6. The first-order chi connectivity index (χ1) is 11.7. The van der Waals surface area contributed by atoms with E-state index in [0.717, 1.165) is 17.7 Å². The summed E-state index contributed by atoms with van der Waals surface area (Å²) in [5.74, 6) is 0.856. The minimum Gasteiger partial charge on any atom is -0.368 e. The highest BCUT2D eigenvalue weighted by Crippen LogP contribution is 2.28. The number of nitrogens with one attached hydrogen (secondary N) is 1. The summed E-state index contributed by atoms with van der Waals surface area (Å²) in [7, 11) is 0. The first-order valence-electron chi connectivity index (χ1n) is 8.40. The quantitative estimate of drug-likeness (QED) is 0.895. The van der Waals surface area contributed by atoms with E-state index in [-0.39, 0.29) is 17.9 Å². The van der Waals surface area contributed by atoms with Crippen LogP contribution in [-0.2, 0) is 0 Å². The lowest BCUT2D eigenvalue weighted by atomic mass is 9.84. The molecule has 3 fully saturated rings. The number of aromatic nitrogens is 2. The molecule has 2 aromatic rings. The van der Waals surface area contributed by atoms with Gasteiger partial charge in [0.2, 0.25) is 5.95 Å². The molecule has 3 saturated heterocycles. The van der Waals surface area contributed by atoms with E-state index in [0.29, 0.717) is 11.5 Å². The van der Waals surface area contributed by atoms with Gasteiger partial charge in [-0.15, -0.1) is 0 Å². The Kier molecular flexibility index (Phi) is 3.90. The Labute approximate surface area is 141 Å². The molecule has 0 radical (unpaired) electrons. The van der Waals surface area contributed by atoms with Crippen LogP contribution in [0.5, 0.6) is 0 Å². The van der Waals surface area contributed by atoms with Crippen LogP contribution >= 0.6 is 0 Å². The van der Waals surface area contributed by atoms with Gasteiger partial charge in [-0.3, -0.25) is 4.79 Å². The molecule has 2 bridgehead atoms.